The zero-order valence-electron chi connectivity index (χ0n) is 10.8. The van der Waals surface area contributed by atoms with Gasteiger partial charge in [0.15, 0.2) is 0 Å². The van der Waals surface area contributed by atoms with E-state index >= 15 is 0 Å². The van der Waals surface area contributed by atoms with Gasteiger partial charge in [-0.25, -0.2) is 4.98 Å². The first kappa shape index (κ1) is 13.1. The molecular formula is C14H17NO2S. The summed E-state index contributed by atoms with van der Waals surface area (Å²) >= 11 is 1.53. The maximum absolute atomic E-state index is 9.09. The van der Waals surface area contributed by atoms with Gasteiger partial charge in [0, 0.05) is 0 Å². The molecule has 0 bridgehead atoms. The van der Waals surface area contributed by atoms with Gasteiger partial charge < -0.3 is 9.84 Å². The average molecular weight is 263 g/mol. The Morgan fingerprint density at radius 3 is 2.44 bits per heavy atom. The molecule has 0 aliphatic rings. The topological polar surface area (TPSA) is 42.4 Å². The molecule has 96 valence electrons. The van der Waals surface area contributed by atoms with Gasteiger partial charge in [0.1, 0.15) is 10.8 Å². The Morgan fingerprint density at radius 1 is 1.28 bits per heavy atom. The fraction of sp³-hybridized carbons (Fsp3) is 0.357. The molecule has 3 nitrogen and oxygen atoms in total. The fourth-order valence-corrected chi connectivity index (χ4v) is 2.67. The Morgan fingerprint density at radius 2 is 1.94 bits per heavy atom. The molecule has 1 heterocycles. The number of hydrogen-bond acceptors (Lipinski definition) is 4. The smallest absolute Gasteiger partial charge is 0.119 e. The summed E-state index contributed by atoms with van der Waals surface area (Å²) in [5, 5.41) is 9.85. The molecule has 0 unspecified atom stereocenters. The number of aliphatic hydroxyl groups is 1. The van der Waals surface area contributed by atoms with E-state index in [1.165, 1.54) is 11.3 Å². The fourth-order valence-electron chi connectivity index (χ4n) is 1.74. The van der Waals surface area contributed by atoms with Crippen molar-refractivity contribution < 1.29 is 9.84 Å². The SMILES string of the molecule is Cc1nc(CO)sc1-c1ccc(OC(C)C)cc1. The van der Waals surface area contributed by atoms with Crippen LogP contribution in [0.3, 0.4) is 0 Å². The number of hydrogen-bond donors (Lipinski definition) is 1. The molecular weight excluding hydrogens is 246 g/mol. The van der Waals surface area contributed by atoms with E-state index in [1.54, 1.807) is 0 Å². The predicted molar refractivity (Wildman–Crippen MR) is 74.0 cm³/mol. The standard InChI is InChI=1S/C14H17NO2S/c1-9(2)17-12-6-4-11(5-7-12)14-10(3)15-13(8-16)18-14/h4-7,9,16H,8H2,1-3H3. The molecule has 1 aromatic carbocycles. The van der Waals surface area contributed by atoms with Crippen LogP contribution in [-0.2, 0) is 6.61 Å². The molecule has 0 aliphatic carbocycles. The molecule has 2 rings (SSSR count). The number of aliphatic hydroxyl groups excluding tert-OH is 1. The highest BCUT2D eigenvalue weighted by molar-refractivity contribution is 7.15. The van der Waals surface area contributed by atoms with Crippen molar-refractivity contribution in [2.75, 3.05) is 0 Å². The molecule has 0 saturated carbocycles. The molecule has 0 fully saturated rings. The highest BCUT2D eigenvalue weighted by Crippen LogP contribution is 2.31. The lowest BCUT2D eigenvalue weighted by molar-refractivity contribution is 0.242. The maximum Gasteiger partial charge on any atom is 0.119 e. The lowest BCUT2D eigenvalue weighted by Crippen LogP contribution is -2.05. The first-order valence-electron chi connectivity index (χ1n) is 5.94. The number of ether oxygens (including phenoxy) is 1. The first-order valence-corrected chi connectivity index (χ1v) is 6.76. The predicted octanol–water partition coefficient (Wildman–Crippen LogP) is 3.40. The number of benzene rings is 1. The van der Waals surface area contributed by atoms with Crippen molar-refractivity contribution in [2.45, 2.75) is 33.5 Å². The highest BCUT2D eigenvalue weighted by Gasteiger charge is 2.09. The number of thiazole rings is 1. The summed E-state index contributed by atoms with van der Waals surface area (Å²) in [5.41, 5.74) is 2.07. The molecule has 2 aromatic rings. The van der Waals surface area contributed by atoms with Gasteiger partial charge >= 0.3 is 0 Å². The summed E-state index contributed by atoms with van der Waals surface area (Å²) in [4.78, 5) is 5.42. The van der Waals surface area contributed by atoms with Crippen LogP contribution in [0.5, 0.6) is 5.75 Å². The van der Waals surface area contributed by atoms with Crippen LogP contribution in [0, 0.1) is 6.92 Å². The Balaban J connectivity index is 2.25. The van der Waals surface area contributed by atoms with Crippen molar-refractivity contribution in [1.29, 1.82) is 0 Å². The van der Waals surface area contributed by atoms with Crippen molar-refractivity contribution in [3.63, 3.8) is 0 Å². The van der Waals surface area contributed by atoms with Crippen LogP contribution in [0.15, 0.2) is 24.3 Å². The molecule has 0 aliphatic heterocycles. The lowest BCUT2D eigenvalue weighted by atomic mass is 10.1. The number of nitrogens with zero attached hydrogens (tertiary/aromatic N) is 1. The van der Waals surface area contributed by atoms with E-state index in [9.17, 15) is 0 Å². The van der Waals surface area contributed by atoms with Gasteiger partial charge in [-0.15, -0.1) is 11.3 Å². The van der Waals surface area contributed by atoms with E-state index in [0.29, 0.717) is 0 Å². The maximum atomic E-state index is 9.09. The summed E-state index contributed by atoms with van der Waals surface area (Å²) in [5.74, 6) is 0.873. The molecule has 0 amide bonds. The third kappa shape index (κ3) is 2.89. The second kappa shape index (κ2) is 5.50. The third-order valence-corrected chi connectivity index (χ3v) is 3.66. The summed E-state index contributed by atoms with van der Waals surface area (Å²) < 4.78 is 5.61. The largest absolute Gasteiger partial charge is 0.491 e. The van der Waals surface area contributed by atoms with E-state index in [4.69, 9.17) is 9.84 Å². The zero-order chi connectivity index (χ0) is 13.1. The van der Waals surface area contributed by atoms with Gasteiger partial charge in [0.2, 0.25) is 0 Å². The average Bonchev–Trinajstić information content (AvgIpc) is 2.71. The van der Waals surface area contributed by atoms with Crippen LogP contribution in [0.4, 0.5) is 0 Å². The normalized spacial score (nSPS) is 10.9. The molecule has 0 atom stereocenters. The second-order valence-corrected chi connectivity index (χ2v) is 5.45. The molecule has 1 aromatic heterocycles. The molecule has 18 heavy (non-hydrogen) atoms. The van der Waals surface area contributed by atoms with Crippen molar-refractivity contribution in [2.24, 2.45) is 0 Å². The second-order valence-electron chi connectivity index (χ2n) is 4.37. The summed E-state index contributed by atoms with van der Waals surface area (Å²) in [7, 11) is 0. The van der Waals surface area contributed by atoms with Gasteiger partial charge in [-0.05, 0) is 50.6 Å². The van der Waals surface area contributed by atoms with Crippen LogP contribution in [0.1, 0.15) is 24.5 Å². The summed E-state index contributed by atoms with van der Waals surface area (Å²) in [6.45, 7) is 5.98. The van der Waals surface area contributed by atoms with E-state index in [1.807, 2.05) is 45.0 Å². The van der Waals surface area contributed by atoms with Crippen molar-refractivity contribution in [1.82, 2.24) is 4.98 Å². The van der Waals surface area contributed by atoms with Crippen molar-refractivity contribution in [3.8, 4) is 16.2 Å². The van der Waals surface area contributed by atoms with Gasteiger partial charge in [-0.3, -0.25) is 0 Å². The monoisotopic (exact) mass is 263 g/mol. The summed E-state index contributed by atoms with van der Waals surface area (Å²) in [6, 6.07) is 7.99. The minimum atomic E-state index is 0.0000504. The Kier molecular flexibility index (Phi) is 3.99. The third-order valence-electron chi connectivity index (χ3n) is 2.46. The Hall–Kier alpha value is -1.39. The van der Waals surface area contributed by atoms with Gasteiger partial charge in [0.05, 0.1) is 23.3 Å². The lowest BCUT2D eigenvalue weighted by Gasteiger charge is -2.09. The Labute approximate surface area is 111 Å². The van der Waals surface area contributed by atoms with Crippen LogP contribution < -0.4 is 4.74 Å². The molecule has 4 heteroatoms. The van der Waals surface area contributed by atoms with E-state index in [-0.39, 0.29) is 12.7 Å². The number of rotatable bonds is 4. The van der Waals surface area contributed by atoms with Crippen LogP contribution >= 0.6 is 11.3 Å². The molecule has 1 N–H and O–H groups in total. The highest BCUT2D eigenvalue weighted by atomic mass is 32.1. The first-order chi connectivity index (χ1) is 8.60. The van der Waals surface area contributed by atoms with Crippen molar-refractivity contribution >= 4 is 11.3 Å². The van der Waals surface area contributed by atoms with Gasteiger partial charge in [0.25, 0.3) is 0 Å². The number of aryl methyl sites for hydroxylation is 1. The summed E-state index contributed by atoms with van der Waals surface area (Å²) in [6.07, 6.45) is 0.182. The van der Waals surface area contributed by atoms with E-state index < -0.39 is 0 Å². The minimum Gasteiger partial charge on any atom is -0.491 e. The molecule has 0 spiro atoms. The minimum absolute atomic E-state index is 0.0000504. The van der Waals surface area contributed by atoms with Crippen LogP contribution in [-0.4, -0.2) is 16.2 Å². The van der Waals surface area contributed by atoms with Gasteiger partial charge in [-0.2, -0.15) is 0 Å². The quantitative estimate of drug-likeness (QED) is 0.919. The van der Waals surface area contributed by atoms with E-state index in [2.05, 4.69) is 4.98 Å². The Bertz CT molecular complexity index is 517. The van der Waals surface area contributed by atoms with Crippen LogP contribution in [0.25, 0.3) is 10.4 Å². The van der Waals surface area contributed by atoms with Crippen LogP contribution in [0.2, 0.25) is 0 Å². The van der Waals surface area contributed by atoms with Gasteiger partial charge in [-0.1, -0.05) is 0 Å². The zero-order valence-corrected chi connectivity index (χ0v) is 11.6. The van der Waals surface area contributed by atoms with E-state index in [0.717, 1.165) is 26.9 Å². The molecule has 0 radical (unpaired) electrons. The molecule has 0 saturated heterocycles. The number of aromatic nitrogens is 1. The van der Waals surface area contributed by atoms with Crippen molar-refractivity contribution in [3.05, 3.63) is 35.0 Å².